The van der Waals surface area contributed by atoms with Gasteiger partial charge in [-0.1, -0.05) is 59.9 Å². The molecule has 0 saturated heterocycles. The third kappa shape index (κ3) is 3.84. The van der Waals surface area contributed by atoms with Crippen LogP contribution in [0, 0.1) is 6.92 Å². The van der Waals surface area contributed by atoms with Crippen LogP contribution in [0.1, 0.15) is 15.9 Å². The van der Waals surface area contributed by atoms with E-state index in [4.69, 9.17) is 4.74 Å². The SMILES string of the molecule is COc1ccc(-c2c(-c3ccccc3)sc(=NC(=O)c3ccccc3C)n2C)cc1. The summed E-state index contributed by atoms with van der Waals surface area (Å²) in [6.07, 6.45) is 0. The fourth-order valence-corrected chi connectivity index (χ4v) is 4.52. The van der Waals surface area contributed by atoms with Gasteiger partial charge in [-0.2, -0.15) is 4.99 Å². The summed E-state index contributed by atoms with van der Waals surface area (Å²) in [4.78, 5) is 19.1. The first-order valence-electron chi connectivity index (χ1n) is 9.63. The third-order valence-corrected chi connectivity index (χ3v) is 6.18. The van der Waals surface area contributed by atoms with Gasteiger partial charge in [0.2, 0.25) is 0 Å². The Morgan fingerprint density at radius 2 is 1.57 bits per heavy atom. The Balaban J connectivity index is 1.90. The Labute approximate surface area is 179 Å². The van der Waals surface area contributed by atoms with Gasteiger partial charge in [-0.05, 0) is 53.9 Å². The summed E-state index contributed by atoms with van der Waals surface area (Å²) >= 11 is 1.52. The lowest BCUT2D eigenvalue weighted by Gasteiger charge is -2.08. The van der Waals surface area contributed by atoms with Gasteiger partial charge in [0, 0.05) is 12.6 Å². The number of amides is 1. The number of carbonyl (C=O) groups excluding carboxylic acids is 1. The molecule has 0 fully saturated rings. The molecule has 0 bridgehead atoms. The number of rotatable bonds is 4. The smallest absolute Gasteiger partial charge is 0.279 e. The zero-order chi connectivity index (χ0) is 21.1. The normalized spacial score (nSPS) is 11.5. The topological polar surface area (TPSA) is 43.6 Å². The van der Waals surface area contributed by atoms with Gasteiger partial charge in [-0.3, -0.25) is 4.79 Å². The fourth-order valence-electron chi connectivity index (χ4n) is 3.37. The number of hydrogen-bond donors (Lipinski definition) is 0. The second-order valence-electron chi connectivity index (χ2n) is 6.95. The van der Waals surface area contributed by atoms with E-state index in [9.17, 15) is 4.79 Å². The van der Waals surface area contributed by atoms with E-state index < -0.39 is 0 Å². The Morgan fingerprint density at radius 1 is 0.900 bits per heavy atom. The number of ether oxygens (including phenoxy) is 1. The molecule has 0 radical (unpaired) electrons. The lowest BCUT2D eigenvalue weighted by molar-refractivity contribution is 0.0997. The Bertz CT molecular complexity index is 1250. The third-order valence-electron chi connectivity index (χ3n) is 5.00. The van der Waals surface area contributed by atoms with E-state index in [2.05, 4.69) is 17.1 Å². The Kier molecular flexibility index (Phi) is 5.63. The highest BCUT2D eigenvalue weighted by atomic mass is 32.1. The second-order valence-corrected chi connectivity index (χ2v) is 7.93. The minimum absolute atomic E-state index is 0.231. The number of benzene rings is 3. The van der Waals surface area contributed by atoms with Crippen molar-refractivity contribution in [3.8, 4) is 27.4 Å². The summed E-state index contributed by atoms with van der Waals surface area (Å²) in [7, 11) is 3.61. The second kappa shape index (κ2) is 8.51. The van der Waals surface area contributed by atoms with Gasteiger partial charge in [0.15, 0.2) is 4.80 Å². The van der Waals surface area contributed by atoms with Crippen LogP contribution in [0.4, 0.5) is 0 Å². The number of carbonyl (C=O) groups is 1. The van der Waals surface area contributed by atoms with Crippen LogP contribution in [-0.2, 0) is 7.05 Å². The maximum absolute atomic E-state index is 12.9. The van der Waals surface area contributed by atoms with Crippen LogP contribution >= 0.6 is 11.3 Å². The first-order chi connectivity index (χ1) is 14.6. The maximum atomic E-state index is 12.9. The Hall–Kier alpha value is -3.44. The van der Waals surface area contributed by atoms with Gasteiger partial charge in [0.25, 0.3) is 5.91 Å². The van der Waals surface area contributed by atoms with E-state index in [0.29, 0.717) is 10.4 Å². The zero-order valence-corrected chi connectivity index (χ0v) is 17.9. The van der Waals surface area contributed by atoms with Gasteiger partial charge in [0.1, 0.15) is 5.75 Å². The standard InChI is InChI=1S/C25H22N2O2S/c1-17-9-7-8-12-21(17)24(28)26-25-27(2)22(18-13-15-20(29-3)16-14-18)23(30-25)19-10-5-4-6-11-19/h4-16H,1-3H3. The molecule has 3 aromatic carbocycles. The monoisotopic (exact) mass is 414 g/mol. The fraction of sp³-hybridized carbons (Fsp3) is 0.120. The molecule has 0 aliphatic carbocycles. The predicted octanol–water partition coefficient (Wildman–Crippen LogP) is 5.48. The van der Waals surface area contributed by atoms with Crippen molar-refractivity contribution in [2.45, 2.75) is 6.92 Å². The molecule has 1 aromatic heterocycles. The van der Waals surface area contributed by atoms with Crippen LogP contribution in [0.15, 0.2) is 83.9 Å². The first-order valence-corrected chi connectivity index (χ1v) is 10.4. The van der Waals surface area contributed by atoms with Crippen molar-refractivity contribution in [3.05, 3.63) is 94.8 Å². The minimum Gasteiger partial charge on any atom is -0.497 e. The number of aromatic nitrogens is 1. The number of thiazole rings is 1. The minimum atomic E-state index is -0.231. The van der Waals surface area contributed by atoms with Crippen LogP contribution < -0.4 is 9.54 Å². The molecule has 30 heavy (non-hydrogen) atoms. The van der Waals surface area contributed by atoms with E-state index in [-0.39, 0.29) is 5.91 Å². The van der Waals surface area contributed by atoms with Crippen LogP contribution in [-0.4, -0.2) is 17.6 Å². The highest BCUT2D eigenvalue weighted by molar-refractivity contribution is 7.13. The molecule has 0 saturated carbocycles. The molecule has 4 rings (SSSR count). The van der Waals surface area contributed by atoms with Crippen molar-refractivity contribution in [1.29, 1.82) is 0 Å². The molecule has 1 amide bonds. The van der Waals surface area contributed by atoms with Gasteiger partial charge < -0.3 is 9.30 Å². The van der Waals surface area contributed by atoms with Crippen molar-refractivity contribution in [2.24, 2.45) is 12.0 Å². The molecule has 5 heteroatoms. The van der Waals surface area contributed by atoms with Crippen molar-refractivity contribution in [2.75, 3.05) is 7.11 Å². The largest absolute Gasteiger partial charge is 0.497 e. The molecule has 0 aliphatic rings. The zero-order valence-electron chi connectivity index (χ0n) is 17.1. The lowest BCUT2D eigenvalue weighted by atomic mass is 10.1. The summed E-state index contributed by atoms with van der Waals surface area (Å²) in [5.74, 6) is 0.573. The highest BCUT2D eigenvalue weighted by Gasteiger charge is 2.16. The average molecular weight is 415 g/mol. The van der Waals surface area contributed by atoms with Crippen molar-refractivity contribution in [3.63, 3.8) is 0 Å². The molecule has 4 nitrogen and oxygen atoms in total. The molecule has 4 aromatic rings. The van der Waals surface area contributed by atoms with Crippen LogP contribution in [0.2, 0.25) is 0 Å². The van der Waals surface area contributed by atoms with Crippen LogP contribution in [0.5, 0.6) is 5.75 Å². The van der Waals surface area contributed by atoms with Gasteiger partial charge in [-0.25, -0.2) is 0 Å². The molecule has 0 aliphatic heterocycles. The quantitative estimate of drug-likeness (QED) is 0.444. The number of hydrogen-bond acceptors (Lipinski definition) is 3. The molecular weight excluding hydrogens is 392 g/mol. The summed E-state index contributed by atoms with van der Waals surface area (Å²) in [6.45, 7) is 1.93. The molecule has 0 spiro atoms. The van der Waals surface area contributed by atoms with Gasteiger partial charge >= 0.3 is 0 Å². The molecule has 150 valence electrons. The Morgan fingerprint density at radius 3 is 2.23 bits per heavy atom. The van der Waals surface area contributed by atoms with Crippen LogP contribution in [0.3, 0.4) is 0 Å². The van der Waals surface area contributed by atoms with Gasteiger partial charge in [-0.15, -0.1) is 0 Å². The van der Waals surface area contributed by atoms with E-state index in [1.165, 1.54) is 11.3 Å². The summed E-state index contributed by atoms with van der Waals surface area (Å²) in [5.41, 5.74) is 4.69. The first kappa shape index (κ1) is 19.9. The van der Waals surface area contributed by atoms with Crippen molar-refractivity contribution < 1.29 is 9.53 Å². The van der Waals surface area contributed by atoms with Crippen molar-refractivity contribution in [1.82, 2.24) is 4.57 Å². The number of nitrogens with zero attached hydrogens (tertiary/aromatic N) is 2. The van der Waals surface area contributed by atoms with Crippen molar-refractivity contribution >= 4 is 17.2 Å². The van der Waals surface area contributed by atoms with E-state index >= 15 is 0 Å². The highest BCUT2D eigenvalue weighted by Crippen LogP contribution is 2.34. The summed E-state index contributed by atoms with van der Waals surface area (Å²) in [5, 5.41) is 0. The number of methoxy groups -OCH3 is 1. The number of aryl methyl sites for hydroxylation is 1. The average Bonchev–Trinajstić information content (AvgIpc) is 3.10. The molecule has 0 unspecified atom stereocenters. The van der Waals surface area contributed by atoms with Gasteiger partial charge in [0.05, 0.1) is 17.7 Å². The lowest BCUT2D eigenvalue weighted by Crippen LogP contribution is -2.14. The molecule has 0 atom stereocenters. The van der Waals surface area contributed by atoms with E-state index in [0.717, 1.165) is 33.0 Å². The predicted molar refractivity (Wildman–Crippen MR) is 122 cm³/mol. The van der Waals surface area contributed by atoms with Crippen LogP contribution in [0.25, 0.3) is 21.7 Å². The van der Waals surface area contributed by atoms with E-state index in [1.54, 1.807) is 7.11 Å². The molecular formula is C25H22N2O2S. The molecule has 1 heterocycles. The van der Waals surface area contributed by atoms with E-state index in [1.807, 2.05) is 85.3 Å². The maximum Gasteiger partial charge on any atom is 0.279 e. The summed E-state index contributed by atoms with van der Waals surface area (Å²) in [6, 6.07) is 25.6. The summed E-state index contributed by atoms with van der Waals surface area (Å²) < 4.78 is 7.29. The molecule has 0 N–H and O–H groups in total.